The van der Waals surface area contributed by atoms with Gasteiger partial charge in [0, 0.05) is 29.3 Å². The molecule has 0 atom stereocenters. The molecule has 0 saturated carbocycles. The van der Waals surface area contributed by atoms with Crippen molar-refractivity contribution < 1.29 is 9.59 Å². The Morgan fingerprint density at radius 1 is 0.295 bits per heavy atom. The van der Waals surface area contributed by atoms with Crippen LogP contribution in [0.2, 0.25) is 0 Å². The van der Waals surface area contributed by atoms with Crippen molar-refractivity contribution in [3.05, 3.63) is 221 Å². The van der Waals surface area contributed by atoms with Crippen LogP contribution in [0, 0.1) is 0 Å². The minimum Gasteiger partial charge on any atom is -0.297 e. The average Bonchev–Trinajstić information content (AvgIpc) is 1.50. The van der Waals surface area contributed by atoms with Gasteiger partial charge in [0.1, 0.15) is 0 Å². The third kappa shape index (κ3) is 12.8. The van der Waals surface area contributed by atoms with Gasteiger partial charge < -0.3 is 0 Å². The van der Waals surface area contributed by atoms with E-state index in [-0.39, 0.29) is 0 Å². The molecule has 0 fully saturated rings. The fraction of sp³-hybridized carbons (Fsp3) is 0.415. The Morgan fingerprint density at radius 2 is 0.591 bits per heavy atom. The molecule has 2 aliphatic carbocycles. The molecule has 9 aromatic rings. The Kier molecular flexibility index (Phi) is 21.7. The Bertz CT molecular complexity index is 3390. The quantitative estimate of drug-likeness (QED) is 0.0298. The predicted octanol–water partition coefficient (Wildman–Crippen LogP) is 24.8. The van der Waals surface area contributed by atoms with E-state index in [9.17, 15) is 9.59 Å². The smallest absolute Gasteiger partial charge is 0.160 e. The van der Waals surface area contributed by atoms with E-state index in [0.717, 1.165) is 86.5 Å². The number of aldehydes is 2. The second-order valence-electron chi connectivity index (χ2n) is 25.6. The first kappa shape index (κ1) is 63.8. The maximum absolute atomic E-state index is 12.7. The van der Waals surface area contributed by atoms with Gasteiger partial charge in [-0.25, -0.2) is 0 Å². The highest BCUT2D eigenvalue weighted by atomic mass is 32.1. The second-order valence-corrected chi connectivity index (χ2v) is 29.9. The first-order valence-corrected chi connectivity index (χ1v) is 37.6. The van der Waals surface area contributed by atoms with E-state index in [4.69, 9.17) is 0 Å². The van der Waals surface area contributed by atoms with Crippen LogP contribution >= 0.6 is 45.3 Å². The molecule has 88 heavy (non-hydrogen) atoms. The van der Waals surface area contributed by atoms with E-state index in [1.807, 2.05) is 22.7 Å². The molecule has 6 heteroatoms. The minimum atomic E-state index is -0.644. The van der Waals surface area contributed by atoms with Crippen LogP contribution in [0.5, 0.6) is 0 Å². The second kappa shape index (κ2) is 29.9. The van der Waals surface area contributed by atoms with Gasteiger partial charge in [0.25, 0.3) is 0 Å². The van der Waals surface area contributed by atoms with Crippen molar-refractivity contribution in [1.82, 2.24) is 0 Å². The molecule has 0 aliphatic heterocycles. The molecule has 458 valence electrons. The molecule has 4 heterocycles. The number of aryl methyl sites for hydroxylation is 6. The van der Waals surface area contributed by atoms with E-state index in [0.29, 0.717) is 0 Å². The summed E-state index contributed by atoms with van der Waals surface area (Å²) in [5.41, 5.74) is 20.1. The minimum absolute atomic E-state index is 0.644. The number of hydrogen-bond donors (Lipinski definition) is 0. The van der Waals surface area contributed by atoms with E-state index in [1.165, 1.54) is 221 Å². The zero-order chi connectivity index (χ0) is 61.0. The topological polar surface area (TPSA) is 34.1 Å². The monoisotopic (exact) mass is 1240 g/mol. The van der Waals surface area contributed by atoms with Gasteiger partial charge in [-0.3, -0.25) is 9.59 Å². The number of carbonyl (C=O) groups excluding carboxylic acids is 2. The summed E-state index contributed by atoms with van der Waals surface area (Å²) in [5.74, 6) is 0. The largest absolute Gasteiger partial charge is 0.297 e. The van der Waals surface area contributed by atoms with E-state index < -0.39 is 10.8 Å². The lowest BCUT2D eigenvalue weighted by Crippen LogP contribution is -2.30. The summed E-state index contributed by atoms with van der Waals surface area (Å²) >= 11 is 7.25. The van der Waals surface area contributed by atoms with Gasteiger partial charge in [-0.1, -0.05) is 228 Å². The molecule has 5 aromatic carbocycles. The van der Waals surface area contributed by atoms with Crippen LogP contribution in [-0.2, 0) is 49.4 Å². The van der Waals surface area contributed by atoms with Crippen LogP contribution in [0.1, 0.15) is 267 Å². The van der Waals surface area contributed by atoms with Gasteiger partial charge in [-0.15, -0.1) is 45.3 Å². The van der Waals surface area contributed by atoms with Crippen LogP contribution in [-0.4, -0.2) is 12.6 Å². The van der Waals surface area contributed by atoms with E-state index in [1.54, 1.807) is 22.7 Å². The third-order valence-electron chi connectivity index (χ3n) is 19.5. The number of thiophene rings is 4. The predicted molar refractivity (Wildman–Crippen MR) is 383 cm³/mol. The van der Waals surface area contributed by atoms with Crippen molar-refractivity contribution in [2.45, 2.75) is 219 Å². The van der Waals surface area contributed by atoms with E-state index >= 15 is 0 Å². The molecule has 0 N–H and O–H groups in total. The summed E-state index contributed by atoms with van der Waals surface area (Å²) in [5, 5.41) is 0. The molecular weight excluding hydrogens is 1150 g/mol. The molecule has 2 aliphatic rings. The number of unbranched alkanes of at least 4 members (excludes halogenated alkanes) is 14. The maximum atomic E-state index is 12.7. The summed E-state index contributed by atoms with van der Waals surface area (Å²) in [6.07, 6.45) is 32.6. The maximum Gasteiger partial charge on any atom is 0.160 e. The standard InChI is InChI=1S/C82H94O2S4/c1-7-13-19-23-27-57-33-41-63(42-34-57)81(64-43-35-58(36-44-64)28-24-20-14-8-2)71-51-70-72(52-69(71)79-73(81)53-75(87-79)77-61(31-17-11-5)49-67(55-83)85-77)82(65-45-37-59(38-46-65)29-25-21-15-9-3,66-47-39-60(40-48-66)30-26-22-16-10-4)74-54-76(88-80(70)74)78-62(32-18-12-6)50-68(56-84)86-78/h33-56H,7-32H2,1-6H3. The summed E-state index contributed by atoms with van der Waals surface area (Å²) in [6.45, 7) is 13.7. The zero-order valence-electron chi connectivity index (χ0n) is 53.7. The van der Waals surface area contributed by atoms with Gasteiger partial charge in [0.2, 0.25) is 0 Å². The van der Waals surface area contributed by atoms with Crippen LogP contribution in [0.4, 0.5) is 0 Å². The fourth-order valence-electron chi connectivity index (χ4n) is 14.7. The molecule has 11 rings (SSSR count). The summed E-state index contributed by atoms with van der Waals surface area (Å²) in [4.78, 5) is 34.7. The average molecular weight is 1240 g/mol. The van der Waals surface area contributed by atoms with Gasteiger partial charge in [-0.05, 0) is 202 Å². The van der Waals surface area contributed by atoms with Crippen LogP contribution in [0.3, 0.4) is 0 Å². The van der Waals surface area contributed by atoms with Crippen molar-refractivity contribution >= 4 is 57.9 Å². The summed E-state index contributed by atoms with van der Waals surface area (Å²) in [6, 6.07) is 54.4. The molecule has 0 bridgehead atoms. The van der Waals surface area contributed by atoms with Crippen LogP contribution in [0.25, 0.3) is 40.4 Å². The molecule has 0 amide bonds. The lowest BCUT2D eigenvalue weighted by atomic mass is 9.65. The van der Waals surface area contributed by atoms with E-state index in [2.05, 4.69) is 175 Å². The molecule has 0 spiro atoms. The molecule has 0 saturated heterocycles. The Labute approximate surface area is 544 Å². The summed E-state index contributed by atoms with van der Waals surface area (Å²) < 4.78 is 0. The first-order valence-electron chi connectivity index (χ1n) is 34.3. The number of fused-ring (bicyclic) bond motifs is 6. The van der Waals surface area contributed by atoms with Crippen LogP contribution < -0.4 is 0 Å². The highest BCUT2D eigenvalue weighted by Gasteiger charge is 2.53. The van der Waals surface area contributed by atoms with Gasteiger partial charge >= 0.3 is 0 Å². The van der Waals surface area contributed by atoms with Gasteiger partial charge in [0.05, 0.1) is 20.6 Å². The number of rotatable bonds is 34. The SMILES string of the molecule is CCCCCCc1ccc(C2(c3ccc(CCCCCC)cc3)c3cc4c(cc3-c3sc(-c5sc(C=O)cc5CCCC)cc32)C(c2ccc(CCCCCC)cc2)(c2ccc(CCCCCC)cc2)c2cc(-c3sc(C=O)cc3CCCC)sc2-4)cc1. The van der Waals surface area contributed by atoms with Crippen molar-refractivity contribution in [3.63, 3.8) is 0 Å². The number of hydrogen-bond acceptors (Lipinski definition) is 6. The molecule has 4 aromatic heterocycles. The van der Waals surface area contributed by atoms with Crippen molar-refractivity contribution in [2.24, 2.45) is 0 Å². The van der Waals surface area contributed by atoms with Crippen molar-refractivity contribution in [3.8, 4) is 40.4 Å². The highest BCUT2D eigenvalue weighted by molar-refractivity contribution is 7.25. The van der Waals surface area contributed by atoms with Crippen LogP contribution in [0.15, 0.2) is 133 Å². The lowest BCUT2D eigenvalue weighted by molar-refractivity contribution is 0.111. The molecule has 0 unspecified atom stereocenters. The van der Waals surface area contributed by atoms with Gasteiger partial charge in [-0.2, -0.15) is 0 Å². The van der Waals surface area contributed by atoms with Crippen molar-refractivity contribution in [1.29, 1.82) is 0 Å². The number of benzene rings is 5. The Morgan fingerprint density at radius 3 is 0.864 bits per heavy atom. The van der Waals surface area contributed by atoms with Crippen molar-refractivity contribution in [2.75, 3.05) is 0 Å². The zero-order valence-corrected chi connectivity index (χ0v) is 57.0. The number of carbonyl (C=O) groups is 2. The van der Waals surface area contributed by atoms with Gasteiger partial charge in [0.15, 0.2) is 12.6 Å². The molecule has 2 nitrogen and oxygen atoms in total. The summed E-state index contributed by atoms with van der Waals surface area (Å²) in [7, 11) is 0. The normalized spacial score (nSPS) is 13.4. The molecule has 0 radical (unpaired) electrons. The highest BCUT2D eigenvalue weighted by Crippen LogP contribution is 2.66. The third-order valence-corrected chi connectivity index (χ3v) is 24.4. The molecular formula is C82H94O2S4. The fourth-order valence-corrected chi connectivity index (χ4v) is 19.5. The Balaban J connectivity index is 1.21. The first-order chi connectivity index (χ1) is 43.3. The lowest BCUT2D eigenvalue weighted by Gasteiger charge is -2.35. The Hall–Kier alpha value is -5.76.